The summed E-state index contributed by atoms with van der Waals surface area (Å²) in [6.45, 7) is 4.29. The summed E-state index contributed by atoms with van der Waals surface area (Å²) in [5.41, 5.74) is -0.439. The smallest absolute Gasteiger partial charge is 0.161 e. The van der Waals surface area contributed by atoms with Crippen molar-refractivity contribution in [2.45, 2.75) is 25.5 Å². The van der Waals surface area contributed by atoms with Crippen molar-refractivity contribution < 1.29 is 14.6 Å². The highest BCUT2D eigenvalue weighted by molar-refractivity contribution is 5.39. The fourth-order valence-electron chi connectivity index (χ4n) is 1.41. The SMILES string of the molecule is C#CC(C)(C)NCC(O)COc1ccccc1OC. The second-order valence-electron chi connectivity index (χ2n) is 4.77. The molecule has 4 heteroatoms. The van der Waals surface area contributed by atoms with Crippen molar-refractivity contribution in [3.8, 4) is 23.8 Å². The van der Waals surface area contributed by atoms with E-state index >= 15 is 0 Å². The molecular weight excluding hydrogens is 242 g/mol. The minimum Gasteiger partial charge on any atom is -0.493 e. The number of ether oxygens (including phenoxy) is 2. The third-order valence-corrected chi connectivity index (χ3v) is 2.64. The lowest BCUT2D eigenvalue weighted by molar-refractivity contribution is 0.100. The number of benzene rings is 1. The third-order valence-electron chi connectivity index (χ3n) is 2.64. The van der Waals surface area contributed by atoms with Gasteiger partial charge in [0.25, 0.3) is 0 Å². The van der Waals surface area contributed by atoms with Crippen molar-refractivity contribution in [2.75, 3.05) is 20.3 Å². The summed E-state index contributed by atoms with van der Waals surface area (Å²) in [7, 11) is 1.58. The largest absolute Gasteiger partial charge is 0.493 e. The van der Waals surface area contributed by atoms with Gasteiger partial charge >= 0.3 is 0 Å². The summed E-state index contributed by atoms with van der Waals surface area (Å²) in [4.78, 5) is 0. The van der Waals surface area contributed by atoms with Crippen molar-refractivity contribution in [1.82, 2.24) is 5.32 Å². The maximum atomic E-state index is 9.84. The van der Waals surface area contributed by atoms with Gasteiger partial charge in [0.2, 0.25) is 0 Å². The van der Waals surface area contributed by atoms with Crippen LogP contribution in [0.1, 0.15) is 13.8 Å². The van der Waals surface area contributed by atoms with E-state index in [-0.39, 0.29) is 6.61 Å². The lowest BCUT2D eigenvalue weighted by Crippen LogP contribution is -2.43. The second kappa shape index (κ2) is 7.03. The monoisotopic (exact) mass is 263 g/mol. The number of terminal acetylenes is 1. The molecule has 4 nitrogen and oxygen atoms in total. The highest BCUT2D eigenvalue weighted by atomic mass is 16.5. The van der Waals surface area contributed by atoms with E-state index in [1.807, 2.05) is 26.0 Å². The molecule has 0 heterocycles. The second-order valence-corrected chi connectivity index (χ2v) is 4.77. The molecule has 2 N–H and O–H groups in total. The van der Waals surface area contributed by atoms with Crippen LogP contribution in [0.5, 0.6) is 11.5 Å². The van der Waals surface area contributed by atoms with E-state index in [2.05, 4.69) is 11.2 Å². The van der Waals surface area contributed by atoms with Gasteiger partial charge in [0.15, 0.2) is 11.5 Å². The van der Waals surface area contributed by atoms with Gasteiger partial charge in [-0.15, -0.1) is 6.42 Å². The van der Waals surface area contributed by atoms with E-state index in [9.17, 15) is 5.11 Å². The first-order valence-corrected chi connectivity index (χ1v) is 6.15. The Kier molecular flexibility index (Phi) is 5.68. The van der Waals surface area contributed by atoms with Crippen molar-refractivity contribution in [1.29, 1.82) is 0 Å². The summed E-state index contributed by atoms with van der Waals surface area (Å²) >= 11 is 0. The Morgan fingerprint density at radius 3 is 2.58 bits per heavy atom. The van der Waals surface area contributed by atoms with Crippen LogP contribution in [-0.4, -0.2) is 37.0 Å². The van der Waals surface area contributed by atoms with E-state index in [0.29, 0.717) is 18.0 Å². The Balaban J connectivity index is 2.42. The molecule has 19 heavy (non-hydrogen) atoms. The minimum atomic E-state index is -0.641. The summed E-state index contributed by atoms with van der Waals surface area (Å²) in [6, 6.07) is 7.31. The third kappa shape index (κ3) is 5.21. The van der Waals surface area contributed by atoms with E-state index in [1.54, 1.807) is 19.2 Å². The quantitative estimate of drug-likeness (QED) is 0.731. The Morgan fingerprint density at radius 1 is 1.37 bits per heavy atom. The van der Waals surface area contributed by atoms with Gasteiger partial charge in [-0.2, -0.15) is 0 Å². The molecule has 0 spiro atoms. The van der Waals surface area contributed by atoms with Gasteiger partial charge in [0.1, 0.15) is 12.7 Å². The molecule has 0 aliphatic heterocycles. The van der Waals surface area contributed by atoms with Gasteiger partial charge in [0, 0.05) is 6.54 Å². The molecule has 1 aromatic carbocycles. The zero-order valence-corrected chi connectivity index (χ0v) is 11.6. The summed E-state index contributed by atoms with van der Waals surface area (Å²) < 4.78 is 10.7. The number of rotatable bonds is 7. The standard InChI is InChI=1S/C15H21NO3/c1-5-15(2,3)16-10-12(17)11-19-14-9-7-6-8-13(14)18-4/h1,6-9,12,16-17H,10-11H2,2-4H3. The molecule has 1 atom stereocenters. The average molecular weight is 263 g/mol. The minimum absolute atomic E-state index is 0.175. The summed E-state index contributed by atoms with van der Waals surface area (Å²) in [5.74, 6) is 3.86. The number of hydrogen-bond acceptors (Lipinski definition) is 4. The van der Waals surface area contributed by atoms with Crippen molar-refractivity contribution in [3.63, 3.8) is 0 Å². The Labute approximate surface area is 114 Å². The highest BCUT2D eigenvalue weighted by Gasteiger charge is 2.15. The van der Waals surface area contributed by atoms with Crippen LogP contribution >= 0.6 is 0 Å². The van der Waals surface area contributed by atoms with Crippen LogP contribution in [0, 0.1) is 12.3 Å². The molecule has 1 aromatic rings. The maximum Gasteiger partial charge on any atom is 0.161 e. The first-order valence-electron chi connectivity index (χ1n) is 6.15. The molecule has 0 saturated carbocycles. The summed E-state index contributed by atoms with van der Waals surface area (Å²) in [5, 5.41) is 12.9. The molecule has 0 radical (unpaired) electrons. The molecule has 1 rings (SSSR count). The molecule has 0 amide bonds. The Hall–Kier alpha value is -1.70. The first-order chi connectivity index (χ1) is 8.98. The first kappa shape index (κ1) is 15.4. The van der Waals surface area contributed by atoms with Crippen LogP contribution in [0.2, 0.25) is 0 Å². The lowest BCUT2D eigenvalue weighted by atomic mass is 10.1. The van der Waals surface area contributed by atoms with Crippen LogP contribution < -0.4 is 14.8 Å². The predicted octanol–water partition coefficient (Wildman–Crippen LogP) is 1.44. The van der Waals surface area contributed by atoms with Gasteiger partial charge < -0.3 is 14.6 Å². The molecule has 0 aliphatic rings. The Morgan fingerprint density at radius 2 is 2.00 bits per heavy atom. The van der Waals surface area contributed by atoms with Gasteiger partial charge in [-0.3, -0.25) is 5.32 Å². The van der Waals surface area contributed by atoms with E-state index < -0.39 is 11.6 Å². The number of para-hydroxylation sites is 2. The predicted molar refractivity (Wildman–Crippen MR) is 75.4 cm³/mol. The van der Waals surface area contributed by atoms with Gasteiger partial charge in [0.05, 0.1) is 12.6 Å². The number of β-amino-alcohol motifs (C(OH)–C–C–N with tert-alkyl or cyclic N) is 1. The van der Waals surface area contributed by atoms with Gasteiger partial charge in [-0.25, -0.2) is 0 Å². The molecule has 0 aliphatic carbocycles. The fraction of sp³-hybridized carbons (Fsp3) is 0.467. The number of hydrogen-bond donors (Lipinski definition) is 2. The summed E-state index contributed by atoms with van der Waals surface area (Å²) in [6.07, 6.45) is 4.71. The van der Waals surface area contributed by atoms with E-state index in [4.69, 9.17) is 15.9 Å². The topological polar surface area (TPSA) is 50.7 Å². The number of aliphatic hydroxyl groups excluding tert-OH is 1. The highest BCUT2D eigenvalue weighted by Crippen LogP contribution is 2.25. The van der Waals surface area contributed by atoms with Crippen LogP contribution in [0.15, 0.2) is 24.3 Å². The number of methoxy groups -OCH3 is 1. The maximum absolute atomic E-state index is 9.84. The fourth-order valence-corrected chi connectivity index (χ4v) is 1.41. The normalized spacial score (nSPS) is 12.6. The molecule has 1 unspecified atom stereocenters. The van der Waals surface area contributed by atoms with Crippen LogP contribution in [0.4, 0.5) is 0 Å². The number of nitrogens with one attached hydrogen (secondary N) is 1. The molecule has 104 valence electrons. The van der Waals surface area contributed by atoms with Crippen molar-refractivity contribution in [2.24, 2.45) is 0 Å². The molecule has 0 aromatic heterocycles. The van der Waals surface area contributed by atoms with Crippen LogP contribution in [0.3, 0.4) is 0 Å². The zero-order chi connectivity index (χ0) is 14.3. The molecule has 0 bridgehead atoms. The van der Waals surface area contributed by atoms with Crippen LogP contribution in [-0.2, 0) is 0 Å². The van der Waals surface area contributed by atoms with Crippen molar-refractivity contribution >= 4 is 0 Å². The Bertz CT molecular complexity index is 437. The van der Waals surface area contributed by atoms with E-state index in [0.717, 1.165) is 0 Å². The van der Waals surface area contributed by atoms with Crippen LogP contribution in [0.25, 0.3) is 0 Å². The van der Waals surface area contributed by atoms with E-state index in [1.165, 1.54) is 0 Å². The molecule has 0 fully saturated rings. The number of aliphatic hydroxyl groups is 1. The lowest BCUT2D eigenvalue weighted by Gasteiger charge is -2.22. The van der Waals surface area contributed by atoms with Gasteiger partial charge in [-0.05, 0) is 26.0 Å². The zero-order valence-electron chi connectivity index (χ0n) is 11.6. The molecule has 0 saturated heterocycles. The average Bonchev–Trinajstić information content (AvgIpc) is 2.43. The molecular formula is C15H21NO3. The van der Waals surface area contributed by atoms with Gasteiger partial charge in [-0.1, -0.05) is 18.1 Å². The van der Waals surface area contributed by atoms with Crippen molar-refractivity contribution in [3.05, 3.63) is 24.3 Å².